The molecule has 0 radical (unpaired) electrons. The summed E-state index contributed by atoms with van der Waals surface area (Å²) in [7, 11) is 0. The molecule has 1 aromatic heterocycles. The second-order valence-corrected chi connectivity index (χ2v) is 5.16. The second kappa shape index (κ2) is 4.41. The zero-order valence-corrected chi connectivity index (χ0v) is 11.1. The van der Waals surface area contributed by atoms with Gasteiger partial charge in [-0.15, -0.1) is 0 Å². The Balaban J connectivity index is 2.55. The van der Waals surface area contributed by atoms with Crippen LogP contribution in [-0.4, -0.2) is 9.97 Å². The minimum absolute atomic E-state index is 0.166. The Morgan fingerprint density at radius 2 is 1.82 bits per heavy atom. The van der Waals surface area contributed by atoms with E-state index in [1.54, 1.807) is 0 Å². The first-order chi connectivity index (χ1) is 8.00. The predicted octanol–water partition coefficient (Wildman–Crippen LogP) is 3.77. The Morgan fingerprint density at radius 1 is 1.18 bits per heavy atom. The number of H-pyrrole nitrogens is 1. The summed E-state index contributed by atoms with van der Waals surface area (Å²) >= 11 is 5.17. The van der Waals surface area contributed by atoms with E-state index in [0.717, 1.165) is 11.5 Å². The molecule has 0 aliphatic carbocycles. The van der Waals surface area contributed by atoms with Gasteiger partial charge in [0.1, 0.15) is 10.5 Å². The molecule has 1 N–H and O–H groups in total. The number of nitrogens with zero attached hydrogens (tertiary/aromatic N) is 1. The first-order valence-corrected chi connectivity index (χ1v) is 6.05. The van der Waals surface area contributed by atoms with Crippen molar-refractivity contribution in [2.45, 2.75) is 26.2 Å². The van der Waals surface area contributed by atoms with Gasteiger partial charge in [0.25, 0.3) is 0 Å². The highest BCUT2D eigenvalue weighted by Gasteiger charge is 2.25. The summed E-state index contributed by atoms with van der Waals surface area (Å²) < 4.78 is 0.639. The standard InChI is InChI=1S/C14H16N2S/c1-10-9-12(17)16-13(15-10)14(2,3)11-7-5-4-6-8-11/h4-9H,1-3H3,(H,15,16,17). The minimum Gasteiger partial charge on any atom is -0.347 e. The van der Waals surface area contributed by atoms with Gasteiger partial charge < -0.3 is 4.98 Å². The summed E-state index contributed by atoms with van der Waals surface area (Å²) in [4.78, 5) is 7.75. The van der Waals surface area contributed by atoms with Crippen LogP contribution in [0.4, 0.5) is 0 Å². The van der Waals surface area contributed by atoms with Crippen molar-refractivity contribution in [3.63, 3.8) is 0 Å². The number of aromatic nitrogens is 2. The van der Waals surface area contributed by atoms with Gasteiger partial charge in [0, 0.05) is 11.1 Å². The number of benzene rings is 1. The Kier molecular flexibility index (Phi) is 3.11. The first kappa shape index (κ1) is 12.0. The van der Waals surface area contributed by atoms with Crippen LogP contribution in [0.3, 0.4) is 0 Å². The molecule has 2 nitrogen and oxygen atoms in total. The van der Waals surface area contributed by atoms with Crippen molar-refractivity contribution in [1.82, 2.24) is 9.97 Å². The summed E-state index contributed by atoms with van der Waals surface area (Å²) in [6, 6.07) is 12.2. The van der Waals surface area contributed by atoms with Crippen LogP contribution in [0.5, 0.6) is 0 Å². The number of hydrogen-bond donors (Lipinski definition) is 1. The van der Waals surface area contributed by atoms with Crippen molar-refractivity contribution in [1.29, 1.82) is 0 Å². The van der Waals surface area contributed by atoms with E-state index in [1.807, 2.05) is 31.2 Å². The van der Waals surface area contributed by atoms with E-state index < -0.39 is 0 Å². The molecule has 3 heteroatoms. The molecule has 1 aromatic carbocycles. The van der Waals surface area contributed by atoms with Gasteiger partial charge in [0.15, 0.2) is 0 Å². The van der Waals surface area contributed by atoms with Gasteiger partial charge in [0.05, 0.1) is 0 Å². The lowest BCUT2D eigenvalue weighted by atomic mass is 9.84. The average Bonchev–Trinajstić information content (AvgIpc) is 2.29. The van der Waals surface area contributed by atoms with E-state index in [1.165, 1.54) is 5.56 Å². The van der Waals surface area contributed by atoms with Crippen LogP contribution in [0.25, 0.3) is 0 Å². The first-order valence-electron chi connectivity index (χ1n) is 5.64. The van der Waals surface area contributed by atoms with Crippen molar-refractivity contribution >= 4 is 12.2 Å². The SMILES string of the molecule is Cc1cc(=S)nc(C(C)(C)c2ccccc2)[nH]1. The Labute approximate surface area is 107 Å². The molecule has 0 bridgehead atoms. The van der Waals surface area contributed by atoms with Gasteiger partial charge in [-0.1, -0.05) is 42.5 Å². The molecule has 0 aliphatic heterocycles. The summed E-state index contributed by atoms with van der Waals surface area (Å²) in [5.74, 6) is 0.911. The van der Waals surface area contributed by atoms with Gasteiger partial charge in [-0.3, -0.25) is 0 Å². The fourth-order valence-electron chi connectivity index (χ4n) is 1.87. The monoisotopic (exact) mass is 244 g/mol. The largest absolute Gasteiger partial charge is 0.347 e. The normalized spacial score (nSPS) is 11.5. The Bertz CT molecular complexity index is 570. The highest BCUT2D eigenvalue weighted by molar-refractivity contribution is 7.71. The van der Waals surface area contributed by atoms with Crippen LogP contribution in [0, 0.1) is 11.6 Å². The molecule has 0 fully saturated rings. The molecule has 17 heavy (non-hydrogen) atoms. The number of aryl methyl sites for hydroxylation is 1. The van der Waals surface area contributed by atoms with Crippen LogP contribution < -0.4 is 0 Å². The maximum Gasteiger partial charge on any atom is 0.130 e. The molecule has 0 aliphatic rings. The molecule has 88 valence electrons. The fourth-order valence-corrected chi connectivity index (χ4v) is 2.13. The third kappa shape index (κ3) is 2.44. The molecular formula is C14H16N2S. The quantitative estimate of drug-likeness (QED) is 0.815. The molecule has 0 atom stereocenters. The maximum atomic E-state index is 5.17. The van der Waals surface area contributed by atoms with Gasteiger partial charge >= 0.3 is 0 Å². The lowest BCUT2D eigenvalue weighted by Gasteiger charge is -2.24. The lowest BCUT2D eigenvalue weighted by Crippen LogP contribution is -2.22. The van der Waals surface area contributed by atoms with Crippen molar-refractivity contribution in [3.8, 4) is 0 Å². The highest BCUT2D eigenvalue weighted by Crippen LogP contribution is 2.28. The van der Waals surface area contributed by atoms with Crippen LogP contribution in [-0.2, 0) is 5.41 Å². The van der Waals surface area contributed by atoms with E-state index in [9.17, 15) is 0 Å². The summed E-state index contributed by atoms with van der Waals surface area (Å²) in [6.45, 7) is 6.30. The van der Waals surface area contributed by atoms with Crippen LogP contribution in [0.15, 0.2) is 36.4 Å². The zero-order chi connectivity index (χ0) is 12.5. The third-order valence-corrected chi connectivity index (χ3v) is 3.17. The topological polar surface area (TPSA) is 28.7 Å². The van der Waals surface area contributed by atoms with Gasteiger partial charge in [-0.2, -0.15) is 0 Å². The molecule has 2 aromatic rings. The Morgan fingerprint density at radius 3 is 2.41 bits per heavy atom. The van der Waals surface area contributed by atoms with Crippen LogP contribution in [0.1, 0.15) is 30.9 Å². The van der Waals surface area contributed by atoms with Crippen molar-refractivity contribution in [3.05, 3.63) is 58.1 Å². The molecule has 0 unspecified atom stereocenters. The fraction of sp³-hybridized carbons (Fsp3) is 0.286. The predicted molar refractivity (Wildman–Crippen MR) is 72.7 cm³/mol. The van der Waals surface area contributed by atoms with Crippen molar-refractivity contribution < 1.29 is 0 Å². The van der Waals surface area contributed by atoms with Crippen LogP contribution >= 0.6 is 12.2 Å². The van der Waals surface area contributed by atoms with E-state index in [-0.39, 0.29) is 5.41 Å². The maximum absolute atomic E-state index is 5.17. The smallest absolute Gasteiger partial charge is 0.130 e. The van der Waals surface area contributed by atoms with E-state index in [4.69, 9.17) is 12.2 Å². The number of nitrogens with one attached hydrogen (secondary N) is 1. The van der Waals surface area contributed by atoms with E-state index >= 15 is 0 Å². The minimum atomic E-state index is -0.166. The molecule has 0 saturated carbocycles. The molecule has 2 rings (SSSR count). The van der Waals surface area contributed by atoms with Gasteiger partial charge in [0.2, 0.25) is 0 Å². The second-order valence-electron chi connectivity index (χ2n) is 4.74. The number of aromatic amines is 1. The highest BCUT2D eigenvalue weighted by atomic mass is 32.1. The molecule has 0 spiro atoms. The number of hydrogen-bond acceptors (Lipinski definition) is 2. The summed E-state index contributed by atoms with van der Waals surface area (Å²) in [5, 5.41) is 0. The number of rotatable bonds is 2. The lowest BCUT2D eigenvalue weighted by molar-refractivity contribution is 0.586. The van der Waals surface area contributed by atoms with Gasteiger partial charge in [-0.25, -0.2) is 4.98 Å². The Hall–Kier alpha value is -1.48. The van der Waals surface area contributed by atoms with E-state index in [0.29, 0.717) is 4.64 Å². The summed E-state index contributed by atoms with van der Waals surface area (Å²) in [6.07, 6.45) is 0. The van der Waals surface area contributed by atoms with Crippen LogP contribution in [0.2, 0.25) is 0 Å². The van der Waals surface area contributed by atoms with Gasteiger partial charge in [-0.05, 0) is 32.4 Å². The molecule has 1 heterocycles. The third-order valence-electron chi connectivity index (χ3n) is 2.97. The van der Waals surface area contributed by atoms with E-state index in [2.05, 4.69) is 35.9 Å². The molecular weight excluding hydrogens is 228 g/mol. The summed E-state index contributed by atoms with van der Waals surface area (Å²) in [5.41, 5.74) is 2.11. The zero-order valence-electron chi connectivity index (χ0n) is 10.3. The molecule has 0 amide bonds. The average molecular weight is 244 g/mol. The van der Waals surface area contributed by atoms with Crippen molar-refractivity contribution in [2.75, 3.05) is 0 Å². The van der Waals surface area contributed by atoms with Crippen molar-refractivity contribution in [2.24, 2.45) is 0 Å². The molecule has 0 saturated heterocycles.